The van der Waals surface area contributed by atoms with Crippen molar-refractivity contribution < 1.29 is 1.37 Å². The van der Waals surface area contributed by atoms with Crippen LogP contribution in [0.3, 0.4) is 0 Å². The highest BCUT2D eigenvalue weighted by Crippen LogP contribution is 2.05. The minimum Gasteiger partial charge on any atom is -0.0955 e. The van der Waals surface area contributed by atoms with Gasteiger partial charge >= 0.3 is 0 Å². The average molecular weight is 93.1 g/mol. The van der Waals surface area contributed by atoms with Crippen LogP contribution in [0, 0.1) is 0 Å². The van der Waals surface area contributed by atoms with Crippen LogP contribution in [0.1, 0.15) is 7.77 Å². The Morgan fingerprint density at radius 1 is 1.71 bits per heavy atom. The van der Waals surface area contributed by atoms with Crippen molar-refractivity contribution in [3.63, 3.8) is 0 Å². The van der Waals surface area contributed by atoms with E-state index < -0.39 is 0 Å². The van der Waals surface area contributed by atoms with Crippen LogP contribution >= 0.6 is 0 Å². The van der Waals surface area contributed by atoms with Gasteiger partial charge in [0.15, 0.2) is 0 Å². The van der Waals surface area contributed by atoms with Crippen LogP contribution in [0.5, 0.6) is 0 Å². The summed E-state index contributed by atoms with van der Waals surface area (Å²) >= 11 is 0. The van der Waals surface area contributed by atoms with E-state index in [4.69, 9.17) is 1.37 Å². The molecule has 0 heteroatoms. The standard InChI is InChI=1S/C7H8/c1-7-5-3-2-4-6-7/h2-5H,1,6H2/i6D. The highest BCUT2D eigenvalue weighted by molar-refractivity contribution is 5.26. The molecule has 0 saturated carbocycles. The maximum Gasteiger partial charge on any atom is 0.0359 e. The number of rotatable bonds is 0. The number of hydrogen-bond acceptors (Lipinski definition) is 0. The van der Waals surface area contributed by atoms with Crippen LogP contribution in [-0.4, -0.2) is 0 Å². The summed E-state index contributed by atoms with van der Waals surface area (Å²) in [7, 11) is 0. The van der Waals surface area contributed by atoms with Crippen LogP contribution in [-0.2, 0) is 0 Å². The highest BCUT2D eigenvalue weighted by atomic mass is 13.9. The molecule has 7 heavy (non-hydrogen) atoms. The second kappa shape index (κ2) is 1.78. The predicted octanol–water partition coefficient (Wildman–Crippen LogP) is 2.06. The van der Waals surface area contributed by atoms with Crippen molar-refractivity contribution in [3.8, 4) is 0 Å². The van der Waals surface area contributed by atoms with E-state index in [1.165, 1.54) is 0 Å². The molecule has 0 aromatic carbocycles. The molecule has 0 radical (unpaired) electrons. The normalized spacial score (nSPS) is 30.6. The lowest BCUT2D eigenvalue weighted by Crippen LogP contribution is -1.74. The molecule has 1 aliphatic rings. The van der Waals surface area contributed by atoms with Gasteiger partial charge < -0.3 is 0 Å². The zero-order chi connectivity index (χ0) is 5.98. The first-order valence-electron chi connectivity index (χ1n) is 2.84. The summed E-state index contributed by atoms with van der Waals surface area (Å²) in [6.07, 6.45) is 7.22. The Morgan fingerprint density at radius 3 is 3.00 bits per heavy atom. The topological polar surface area (TPSA) is 0 Å². The molecule has 0 bridgehead atoms. The van der Waals surface area contributed by atoms with Crippen molar-refractivity contribution in [3.05, 3.63) is 36.5 Å². The third-order valence-corrected chi connectivity index (χ3v) is 0.843. The molecule has 0 aromatic rings. The lowest BCUT2D eigenvalue weighted by atomic mass is 10.1. The maximum absolute atomic E-state index is 7.24. The van der Waals surface area contributed by atoms with E-state index in [9.17, 15) is 0 Å². The molecule has 1 aliphatic carbocycles. The van der Waals surface area contributed by atoms with Gasteiger partial charge in [0.25, 0.3) is 0 Å². The predicted molar refractivity (Wildman–Crippen MR) is 32.0 cm³/mol. The van der Waals surface area contributed by atoms with Gasteiger partial charge in [-0.05, 0) is 6.40 Å². The van der Waals surface area contributed by atoms with Gasteiger partial charge in [0.1, 0.15) is 0 Å². The lowest BCUT2D eigenvalue weighted by Gasteiger charge is -1.94. The minimum absolute atomic E-state index is 0.208. The summed E-state index contributed by atoms with van der Waals surface area (Å²) in [5.41, 5.74) is 0.868. The van der Waals surface area contributed by atoms with Crippen LogP contribution in [0.2, 0.25) is 0 Å². The average Bonchev–Trinajstić information content (AvgIpc) is 1.77. The summed E-state index contributed by atoms with van der Waals surface area (Å²) in [5.74, 6) is 0. The van der Waals surface area contributed by atoms with E-state index in [1.54, 1.807) is 0 Å². The molecule has 0 aromatic heterocycles. The lowest BCUT2D eigenvalue weighted by molar-refractivity contribution is 1.28. The van der Waals surface area contributed by atoms with Gasteiger partial charge in [0.2, 0.25) is 0 Å². The summed E-state index contributed by atoms with van der Waals surface area (Å²) in [5, 5.41) is 0. The van der Waals surface area contributed by atoms with Gasteiger partial charge in [0, 0.05) is 1.37 Å². The van der Waals surface area contributed by atoms with Crippen molar-refractivity contribution in [2.24, 2.45) is 0 Å². The molecule has 0 spiro atoms. The monoisotopic (exact) mass is 93.1 g/mol. The molecule has 0 aliphatic heterocycles. The van der Waals surface area contributed by atoms with Gasteiger partial charge in [-0.1, -0.05) is 36.5 Å². The summed E-state index contributed by atoms with van der Waals surface area (Å²) in [6.45, 7) is 3.67. The number of allylic oxidation sites excluding steroid dienone is 5. The van der Waals surface area contributed by atoms with Crippen LogP contribution in [0.25, 0.3) is 0 Å². The van der Waals surface area contributed by atoms with E-state index in [0.29, 0.717) is 0 Å². The highest BCUT2D eigenvalue weighted by Gasteiger charge is 1.84. The third kappa shape index (κ3) is 1.04. The second-order valence-electron chi connectivity index (χ2n) is 1.49. The van der Waals surface area contributed by atoms with E-state index in [-0.39, 0.29) is 6.40 Å². The van der Waals surface area contributed by atoms with Crippen LogP contribution < -0.4 is 0 Å². The molecule has 1 rings (SSSR count). The fourth-order valence-corrected chi connectivity index (χ4v) is 0.478. The summed E-state index contributed by atoms with van der Waals surface area (Å²) in [4.78, 5) is 0. The quantitative estimate of drug-likeness (QED) is 0.430. The van der Waals surface area contributed by atoms with Gasteiger partial charge in [-0.15, -0.1) is 0 Å². The Bertz CT molecular complexity index is 154. The summed E-state index contributed by atoms with van der Waals surface area (Å²) < 4.78 is 7.24. The Labute approximate surface area is 45.3 Å². The van der Waals surface area contributed by atoms with E-state index >= 15 is 0 Å². The van der Waals surface area contributed by atoms with Gasteiger partial charge in [-0.2, -0.15) is 0 Å². The molecule has 1 atom stereocenters. The maximum atomic E-state index is 7.24. The SMILES string of the molecule is [2H]C1C=CC=CC1=C. The van der Waals surface area contributed by atoms with Crippen LogP contribution in [0.15, 0.2) is 36.5 Å². The van der Waals surface area contributed by atoms with Crippen LogP contribution in [0.4, 0.5) is 0 Å². The molecule has 1 unspecified atom stereocenters. The van der Waals surface area contributed by atoms with Crippen molar-refractivity contribution in [1.82, 2.24) is 0 Å². The molecule has 0 saturated heterocycles. The smallest absolute Gasteiger partial charge is 0.0359 e. The Hall–Kier alpha value is -0.780. The fraction of sp³-hybridized carbons (Fsp3) is 0.143. The first kappa shape index (κ1) is 3.25. The molecule has 0 amide bonds. The van der Waals surface area contributed by atoms with E-state index in [1.807, 2.05) is 24.3 Å². The minimum atomic E-state index is -0.208. The van der Waals surface area contributed by atoms with Crippen molar-refractivity contribution in [1.29, 1.82) is 0 Å². The molecule has 0 heterocycles. The van der Waals surface area contributed by atoms with Gasteiger partial charge in [0.05, 0.1) is 0 Å². The first-order valence-corrected chi connectivity index (χ1v) is 2.26. The Balaban J connectivity index is 2.74. The Kier molecular flexibility index (Phi) is 0.828. The largest absolute Gasteiger partial charge is 0.0955 e. The molecule has 0 nitrogen and oxygen atoms in total. The van der Waals surface area contributed by atoms with Crippen molar-refractivity contribution >= 4 is 0 Å². The summed E-state index contributed by atoms with van der Waals surface area (Å²) in [6, 6.07) is 0. The molecule has 36 valence electrons. The van der Waals surface area contributed by atoms with Crippen molar-refractivity contribution in [2.75, 3.05) is 0 Å². The molecule has 0 fully saturated rings. The zero-order valence-electron chi connectivity index (χ0n) is 5.09. The van der Waals surface area contributed by atoms with Crippen molar-refractivity contribution in [2.45, 2.75) is 6.40 Å². The van der Waals surface area contributed by atoms with E-state index in [0.717, 1.165) is 5.57 Å². The Morgan fingerprint density at radius 2 is 2.57 bits per heavy atom. The number of hydrogen-bond donors (Lipinski definition) is 0. The zero-order valence-corrected chi connectivity index (χ0v) is 4.09. The second-order valence-corrected chi connectivity index (χ2v) is 1.49. The first-order chi connectivity index (χ1) is 3.80. The van der Waals surface area contributed by atoms with Gasteiger partial charge in [-0.25, -0.2) is 0 Å². The van der Waals surface area contributed by atoms with Gasteiger partial charge in [-0.3, -0.25) is 0 Å². The van der Waals surface area contributed by atoms with E-state index in [2.05, 4.69) is 6.58 Å². The molecule has 0 N–H and O–H groups in total. The third-order valence-electron chi connectivity index (χ3n) is 0.843. The molecular weight excluding hydrogens is 84.1 g/mol. The molecular formula is C7H8. The fourth-order valence-electron chi connectivity index (χ4n) is 0.478.